The maximum atomic E-state index is 9.36. The minimum Gasteiger partial charge on any atom is -0.491 e. The Morgan fingerprint density at radius 3 is 1.34 bits per heavy atom. The Labute approximate surface area is 225 Å². The Hall–Kier alpha value is -3.60. The third kappa shape index (κ3) is 4.28. The molecule has 38 heavy (non-hydrogen) atoms. The van der Waals surface area contributed by atoms with E-state index in [0.29, 0.717) is 0 Å². The number of aliphatic hydroxyl groups is 2. The molecule has 0 bridgehead atoms. The van der Waals surface area contributed by atoms with Crippen molar-refractivity contribution in [1.82, 2.24) is 0 Å². The Morgan fingerprint density at radius 1 is 0.605 bits per heavy atom. The third-order valence-electron chi connectivity index (χ3n) is 7.69. The van der Waals surface area contributed by atoms with Gasteiger partial charge in [-0.3, -0.25) is 0 Å². The second-order valence-corrected chi connectivity index (χ2v) is 10.3. The van der Waals surface area contributed by atoms with E-state index in [2.05, 4.69) is 100 Å². The number of aryl methyl sites for hydroxylation is 4. The zero-order valence-electron chi connectivity index (χ0n) is 22.7. The molecule has 0 spiro atoms. The molecule has 0 fully saturated rings. The number of ether oxygens (including phenoxy) is 2. The zero-order chi connectivity index (χ0) is 26.9. The van der Waals surface area contributed by atoms with Crippen LogP contribution in [0.15, 0.2) is 72.8 Å². The molecule has 5 rings (SSSR count). The van der Waals surface area contributed by atoms with Gasteiger partial charge in [0, 0.05) is 0 Å². The first-order valence-electron chi connectivity index (χ1n) is 13.3. The lowest BCUT2D eigenvalue weighted by molar-refractivity contribution is 0.200. The highest BCUT2D eigenvalue weighted by atomic mass is 16.5. The molecule has 0 aromatic heterocycles. The van der Waals surface area contributed by atoms with Crippen LogP contribution >= 0.6 is 0 Å². The average Bonchev–Trinajstić information content (AvgIpc) is 2.90. The average molecular weight is 509 g/mol. The van der Waals surface area contributed by atoms with E-state index in [9.17, 15) is 10.2 Å². The Balaban J connectivity index is 1.87. The predicted molar refractivity (Wildman–Crippen MR) is 152 cm³/mol. The van der Waals surface area contributed by atoms with Crippen molar-refractivity contribution < 1.29 is 19.7 Å². The van der Waals surface area contributed by atoms with E-state index < -0.39 is 5.41 Å². The van der Waals surface area contributed by atoms with Crippen LogP contribution in [0.3, 0.4) is 0 Å². The summed E-state index contributed by atoms with van der Waals surface area (Å²) in [5.41, 5.74) is 11.2. The van der Waals surface area contributed by atoms with Crippen LogP contribution in [0.5, 0.6) is 11.5 Å². The van der Waals surface area contributed by atoms with Gasteiger partial charge in [0.1, 0.15) is 24.7 Å². The molecule has 1 aliphatic rings. The molecule has 0 radical (unpaired) electrons. The summed E-state index contributed by atoms with van der Waals surface area (Å²) in [6.45, 7) is 8.83. The lowest BCUT2D eigenvalue weighted by Crippen LogP contribution is -2.36. The Morgan fingerprint density at radius 2 is 0.974 bits per heavy atom. The summed E-state index contributed by atoms with van der Waals surface area (Å²) in [6, 6.07) is 26.6. The number of benzene rings is 4. The Bertz CT molecular complexity index is 1310. The van der Waals surface area contributed by atoms with Crippen molar-refractivity contribution in [1.29, 1.82) is 0 Å². The van der Waals surface area contributed by atoms with Gasteiger partial charge >= 0.3 is 0 Å². The molecule has 0 saturated heterocycles. The SMILES string of the molecule is Cc1cc(C2(c3cc(C)c(OCCO)c(C)c3)c3ccccc3Cc3ccccc32)cc(C)c1OCCO. The first-order valence-corrected chi connectivity index (χ1v) is 13.3. The number of rotatable bonds is 8. The monoisotopic (exact) mass is 508 g/mol. The molecule has 4 heteroatoms. The highest BCUT2D eigenvalue weighted by Gasteiger charge is 2.44. The van der Waals surface area contributed by atoms with E-state index in [1.807, 2.05) is 0 Å². The molecule has 0 saturated carbocycles. The lowest BCUT2D eigenvalue weighted by Gasteiger charge is -2.43. The maximum Gasteiger partial charge on any atom is 0.125 e. The molecule has 0 atom stereocenters. The van der Waals surface area contributed by atoms with Crippen LogP contribution < -0.4 is 9.47 Å². The lowest BCUT2D eigenvalue weighted by atomic mass is 9.59. The van der Waals surface area contributed by atoms with E-state index in [1.54, 1.807) is 0 Å². The summed E-state index contributed by atoms with van der Waals surface area (Å²) in [5, 5.41) is 18.7. The minimum absolute atomic E-state index is 0.0193. The minimum atomic E-state index is -0.540. The van der Waals surface area contributed by atoms with Gasteiger partial charge in [-0.15, -0.1) is 0 Å². The molecule has 4 nitrogen and oxygen atoms in total. The number of hydrogen-bond donors (Lipinski definition) is 2. The molecular formula is C34H36O4. The molecule has 2 N–H and O–H groups in total. The van der Waals surface area contributed by atoms with E-state index in [0.717, 1.165) is 40.2 Å². The largest absolute Gasteiger partial charge is 0.491 e. The van der Waals surface area contributed by atoms with E-state index >= 15 is 0 Å². The van der Waals surface area contributed by atoms with Crippen LogP contribution in [-0.4, -0.2) is 36.6 Å². The van der Waals surface area contributed by atoms with Crippen molar-refractivity contribution in [2.75, 3.05) is 26.4 Å². The predicted octanol–water partition coefficient (Wildman–Crippen LogP) is 5.95. The number of fused-ring (bicyclic) bond motifs is 2. The maximum absolute atomic E-state index is 9.36. The molecular weight excluding hydrogens is 472 g/mol. The van der Waals surface area contributed by atoms with Gasteiger partial charge < -0.3 is 19.7 Å². The van der Waals surface area contributed by atoms with Crippen LogP contribution in [0.1, 0.15) is 55.6 Å². The van der Waals surface area contributed by atoms with Crippen LogP contribution in [0.2, 0.25) is 0 Å². The molecule has 196 valence electrons. The smallest absolute Gasteiger partial charge is 0.125 e. The number of aliphatic hydroxyl groups excluding tert-OH is 2. The normalized spacial score (nSPS) is 13.5. The molecule has 4 aromatic carbocycles. The van der Waals surface area contributed by atoms with Gasteiger partial charge in [0.2, 0.25) is 0 Å². The highest BCUT2D eigenvalue weighted by Crippen LogP contribution is 2.52. The van der Waals surface area contributed by atoms with Crippen molar-refractivity contribution in [2.24, 2.45) is 0 Å². The second kappa shape index (κ2) is 10.6. The van der Waals surface area contributed by atoms with Crippen LogP contribution in [0.4, 0.5) is 0 Å². The first-order chi connectivity index (χ1) is 18.4. The summed E-state index contributed by atoms with van der Waals surface area (Å²) >= 11 is 0. The molecule has 1 aliphatic carbocycles. The zero-order valence-corrected chi connectivity index (χ0v) is 22.7. The molecule has 0 aliphatic heterocycles. The molecule has 0 amide bonds. The fourth-order valence-corrected chi connectivity index (χ4v) is 6.30. The van der Waals surface area contributed by atoms with E-state index in [1.165, 1.54) is 33.4 Å². The fourth-order valence-electron chi connectivity index (χ4n) is 6.30. The number of hydrogen-bond acceptors (Lipinski definition) is 4. The van der Waals surface area contributed by atoms with Crippen LogP contribution in [0, 0.1) is 27.7 Å². The van der Waals surface area contributed by atoms with Crippen molar-refractivity contribution in [3.05, 3.63) is 128 Å². The van der Waals surface area contributed by atoms with Crippen molar-refractivity contribution >= 4 is 0 Å². The van der Waals surface area contributed by atoms with Crippen molar-refractivity contribution in [2.45, 2.75) is 39.5 Å². The highest BCUT2D eigenvalue weighted by molar-refractivity contribution is 5.69. The van der Waals surface area contributed by atoms with Gasteiger partial charge in [-0.25, -0.2) is 0 Å². The van der Waals surface area contributed by atoms with Gasteiger partial charge in [0.15, 0.2) is 0 Å². The molecule has 0 heterocycles. The summed E-state index contributed by atoms with van der Waals surface area (Å²) in [7, 11) is 0. The quantitative estimate of drug-likeness (QED) is 0.272. The summed E-state index contributed by atoms with van der Waals surface area (Å²) in [5.74, 6) is 1.66. The van der Waals surface area contributed by atoms with Gasteiger partial charge in [0.25, 0.3) is 0 Å². The van der Waals surface area contributed by atoms with E-state index in [4.69, 9.17) is 9.47 Å². The fraction of sp³-hybridized carbons (Fsp3) is 0.294. The third-order valence-corrected chi connectivity index (χ3v) is 7.69. The van der Waals surface area contributed by atoms with Gasteiger partial charge in [0.05, 0.1) is 18.6 Å². The van der Waals surface area contributed by atoms with Crippen LogP contribution in [0.25, 0.3) is 0 Å². The molecule has 0 unspecified atom stereocenters. The second-order valence-electron chi connectivity index (χ2n) is 10.3. The van der Waals surface area contributed by atoms with Gasteiger partial charge in [-0.2, -0.15) is 0 Å². The molecule has 4 aromatic rings. The van der Waals surface area contributed by atoms with Crippen LogP contribution in [-0.2, 0) is 11.8 Å². The summed E-state index contributed by atoms with van der Waals surface area (Å²) in [6.07, 6.45) is 0.888. The van der Waals surface area contributed by atoms with Crippen molar-refractivity contribution in [3.63, 3.8) is 0 Å². The standard InChI is InChI=1S/C34H36O4/c1-22-17-28(18-23(2)32(22)37-15-13-35)34(29-19-24(3)33(25(4)20-29)38-16-14-36)30-11-7-5-9-26(30)21-27-10-6-8-12-31(27)34/h5-12,17-20,35-36H,13-16,21H2,1-4H3. The van der Waals surface area contributed by atoms with Crippen molar-refractivity contribution in [3.8, 4) is 11.5 Å². The van der Waals surface area contributed by atoms with Gasteiger partial charge in [-0.05, 0) is 89.8 Å². The Kier molecular flexibility index (Phi) is 7.29. The van der Waals surface area contributed by atoms with E-state index in [-0.39, 0.29) is 26.4 Å². The topological polar surface area (TPSA) is 58.9 Å². The van der Waals surface area contributed by atoms with Gasteiger partial charge in [-0.1, -0.05) is 72.8 Å². The first kappa shape index (κ1) is 26.0. The summed E-state index contributed by atoms with van der Waals surface area (Å²) < 4.78 is 11.9. The summed E-state index contributed by atoms with van der Waals surface area (Å²) in [4.78, 5) is 0.